The Morgan fingerprint density at radius 2 is 1.92 bits per heavy atom. The second-order valence-corrected chi connectivity index (χ2v) is 6.11. The molecule has 4 nitrogen and oxygen atoms in total. The molecule has 0 aromatic heterocycles. The van der Waals surface area contributed by atoms with Crippen molar-refractivity contribution in [2.75, 3.05) is 6.61 Å². The number of hydrogen-bond donors (Lipinski definition) is 2. The summed E-state index contributed by atoms with van der Waals surface area (Å²) < 4.78 is 4.77. The maximum absolute atomic E-state index is 11.4. The predicted octanol–water partition coefficient (Wildman–Crippen LogP) is 3.19. The first-order valence-electron chi connectivity index (χ1n) is 7.94. The third kappa shape index (κ3) is 5.34. The van der Waals surface area contributed by atoms with Gasteiger partial charge in [0.15, 0.2) is 6.10 Å². The van der Waals surface area contributed by atoms with Crippen molar-refractivity contribution in [1.29, 1.82) is 0 Å². The summed E-state index contributed by atoms with van der Waals surface area (Å²) in [5, 5.41) is 10.4. The van der Waals surface area contributed by atoms with Gasteiger partial charge in [0.2, 0.25) is 0 Å². The molecule has 0 saturated heterocycles. The van der Waals surface area contributed by atoms with Gasteiger partial charge in [-0.15, -0.1) is 0 Å². The van der Waals surface area contributed by atoms with E-state index < -0.39 is 12.1 Å². The second-order valence-electron chi connectivity index (χ2n) is 5.68. The van der Waals surface area contributed by atoms with E-state index in [1.807, 2.05) is 48.5 Å². The van der Waals surface area contributed by atoms with Gasteiger partial charge in [-0.3, -0.25) is 0 Å². The number of halogens is 1. The Hall–Kier alpha value is -1.88. The lowest BCUT2D eigenvalue weighted by molar-refractivity contribution is -0.153. The summed E-state index contributed by atoms with van der Waals surface area (Å²) in [6.45, 7) is 1.95. The van der Waals surface area contributed by atoms with E-state index in [2.05, 4.69) is 0 Å². The largest absolute Gasteiger partial charge is 0.464 e. The molecule has 0 amide bonds. The van der Waals surface area contributed by atoms with Gasteiger partial charge in [-0.25, -0.2) is 4.79 Å². The third-order valence-electron chi connectivity index (χ3n) is 3.69. The number of esters is 1. The smallest absolute Gasteiger partial charge is 0.335 e. The van der Waals surface area contributed by atoms with Gasteiger partial charge in [0.05, 0.1) is 6.61 Å². The standard InChI is InChI=1S/C19H22ClNO3/c1-2-24-19(23)18(22)12-17(21)10-13-6-8-14(9-7-13)15-4-3-5-16(20)11-15/h3-9,11,17-18,22H,2,10,12,21H2,1H3/t17-,18?/m1/s1. The molecule has 3 N–H and O–H groups in total. The molecule has 0 spiro atoms. The molecule has 0 radical (unpaired) electrons. The van der Waals surface area contributed by atoms with Crippen molar-refractivity contribution in [3.05, 3.63) is 59.1 Å². The molecular formula is C19H22ClNO3. The van der Waals surface area contributed by atoms with Crippen LogP contribution in [0.15, 0.2) is 48.5 Å². The molecule has 0 bridgehead atoms. The van der Waals surface area contributed by atoms with Gasteiger partial charge in [0, 0.05) is 11.1 Å². The number of carbonyl (C=O) groups is 1. The SMILES string of the molecule is CCOC(=O)C(O)C[C@H](N)Cc1ccc(-c2cccc(Cl)c2)cc1. The Labute approximate surface area is 147 Å². The minimum absolute atomic E-state index is 0.175. The third-order valence-corrected chi connectivity index (χ3v) is 3.93. The minimum atomic E-state index is -1.18. The zero-order valence-electron chi connectivity index (χ0n) is 13.6. The number of aliphatic hydroxyl groups is 1. The van der Waals surface area contributed by atoms with Gasteiger partial charge in [-0.1, -0.05) is 48.0 Å². The van der Waals surface area contributed by atoms with E-state index in [4.69, 9.17) is 22.1 Å². The van der Waals surface area contributed by atoms with E-state index in [1.165, 1.54) is 0 Å². The van der Waals surface area contributed by atoms with E-state index >= 15 is 0 Å². The van der Waals surface area contributed by atoms with E-state index in [-0.39, 0.29) is 19.1 Å². The molecule has 2 aromatic carbocycles. The van der Waals surface area contributed by atoms with Crippen molar-refractivity contribution in [3.63, 3.8) is 0 Å². The Morgan fingerprint density at radius 1 is 1.21 bits per heavy atom. The van der Waals surface area contributed by atoms with Gasteiger partial charge in [0.25, 0.3) is 0 Å². The Morgan fingerprint density at radius 3 is 2.54 bits per heavy atom. The zero-order chi connectivity index (χ0) is 17.5. The summed E-state index contributed by atoms with van der Waals surface area (Å²) in [6, 6.07) is 15.4. The van der Waals surface area contributed by atoms with Crippen LogP contribution in [0.25, 0.3) is 11.1 Å². The fourth-order valence-electron chi connectivity index (χ4n) is 2.51. The normalized spacial score (nSPS) is 13.3. The topological polar surface area (TPSA) is 72.5 Å². The predicted molar refractivity (Wildman–Crippen MR) is 95.8 cm³/mol. The molecule has 24 heavy (non-hydrogen) atoms. The van der Waals surface area contributed by atoms with Crippen molar-refractivity contribution in [3.8, 4) is 11.1 Å². The number of carbonyl (C=O) groups excluding carboxylic acids is 1. The fraction of sp³-hybridized carbons (Fsp3) is 0.316. The van der Waals surface area contributed by atoms with Crippen molar-refractivity contribution in [1.82, 2.24) is 0 Å². The van der Waals surface area contributed by atoms with Crippen LogP contribution in [0.2, 0.25) is 5.02 Å². The molecule has 128 valence electrons. The monoisotopic (exact) mass is 347 g/mol. The maximum Gasteiger partial charge on any atom is 0.335 e. The van der Waals surface area contributed by atoms with Crippen molar-refractivity contribution in [2.24, 2.45) is 5.73 Å². The van der Waals surface area contributed by atoms with Crippen LogP contribution in [0.3, 0.4) is 0 Å². The summed E-state index contributed by atoms with van der Waals surface area (Å²) >= 11 is 6.01. The van der Waals surface area contributed by atoms with Crippen molar-refractivity contribution >= 4 is 17.6 Å². The molecule has 0 aliphatic carbocycles. The van der Waals surface area contributed by atoms with E-state index in [0.29, 0.717) is 11.4 Å². The van der Waals surface area contributed by atoms with Crippen LogP contribution in [-0.4, -0.2) is 29.8 Å². The molecule has 0 saturated carbocycles. The van der Waals surface area contributed by atoms with Crippen LogP contribution < -0.4 is 5.73 Å². The molecule has 2 atom stereocenters. The van der Waals surface area contributed by atoms with Gasteiger partial charge >= 0.3 is 5.97 Å². The first-order chi connectivity index (χ1) is 11.5. The van der Waals surface area contributed by atoms with Crippen LogP contribution >= 0.6 is 11.6 Å². The minimum Gasteiger partial charge on any atom is -0.464 e. The Balaban J connectivity index is 1.95. The lowest BCUT2D eigenvalue weighted by atomic mass is 9.98. The average molecular weight is 348 g/mol. The molecule has 2 aromatic rings. The van der Waals surface area contributed by atoms with E-state index in [1.54, 1.807) is 6.92 Å². The molecule has 5 heteroatoms. The highest BCUT2D eigenvalue weighted by molar-refractivity contribution is 6.30. The lowest BCUT2D eigenvalue weighted by Crippen LogP contribution is -2.33. The molecule has 0 fully saturated rings. The zero-order valence-corrected chi connectivity index (χ0v) is 14.4. The maximum atomic E-state index is 11.4. The Bertz CT molecular complexity index is 673. The number of hydrogen-bond acceptors (Lipinski definition) is 4. The number of ether oxygens (including phenoxy) is 1. The van der Waals surface area contributed by atoms with Crippen LogP contribution in [0.4, 0.5) is 0 Å². The van der Waals surface area contributed by atoms with Crippen LogP contribution in [-0.2, 0) is 16.0 Å². The number of aliphatic hydroxyl groups excluding tert-OH is 1. The van der Waals surface area contributed by atoms with Gasteiger partial charge < -0.3 is 15.6 Å². The van der Waals surface area contributed by atoms with Gasteiger partial charge in [-0.05, 0) is 48.6 Å². The number of benzene rings is 2. The fourth-order valence-corrected chi connectivity index (χ4v) is 2.70. The molecule has 0 aliphatic heterocycles. The first-order valence-corrected chi connectivity index (χ1v) is 8.32. The van der Waals surface area contributed by atoms with Crippen molar-refractivity contribution < 1.29 is 14.6 Å². The first kappa shape index (κ1) is 18.5. The van der Waals surface area contributed by atoms with E-state index in [9.17, 15) is 9.90 Å². The summed E-state index contributed by atoms with van der Waals surface area (Å²) in [4.78, 5) is 11.4. The average Bonchev–Trinajstić information content (AvgIpc) is 2.55. The lowest BCUT2D eigenvalue weighted by Gasteiger charge is -2.15. The highest BCUT2D eigenvalue weighted by Crippen LogP contribution is 2.23. The van der Waals surface area contributed by atoms with Gasteiger partial charge in [-0.2, -0.15) is 0 Å². The van der Waals surface area contributed by atoms with Crippen molar-refractivity contribution in [2.45, 2.75) is 31.9 Å². The van der Waals surface area contributed by atoms with Crippen LogP contribution in [0.5, 0.6) is 0 Å². The van der Waals surface area contributed by atoms with Gasteiger partial charge in [0.1, 0.15) is 0 Å². The quantitative estimate of drug-likeness (QED) is 0.754. The number of rotatable bonds is 7. The Kier molecular flexibility index (Phi) is 6.79. The summed E-state index contributed by atoms with van der Waals surface area (Å²) in [7, 11) is 0. The second kappa shape index (κ2) is 8.83. The van der Waals surface area contributed by atoms with Crippen LogP contribution in [0, 0.1) is 0 Å². The molecule has 0 heterocycles. The molecule has 2 rings (SSSR count). The van der Waals surface area contributed by atoms with E-state index in [0.717, 1.165) is 16.7 Å². The van der Waals surface area contributed by atoms with Crippen LogP contribution in [0.1, 0.15) is 18.9 Å². The number of nitrogens with two attached hydrogens (primary N) is 1. The highest BCUT2D eigenvalue weighted by Gasteiger charge is 2.19. The molecule has 1 unspecified atom stereocenters. The molecular weight excluding hydrogens is 326 g/mol. The summed E-state index contributed by atoms with van der Waals surface area (Å²) in [5.74, 6) is -0.621. The summed E-state index contributed by atoms with van der Waals surface area (Å²) in [6.07, 6.45) is -0.424. The molecule has 0 aliphatic rings. The highest BCUT2D eigenvalue weighted by atomic mass is 35.5. The summed E-state index contributed by atoms with van der Waals surface area (Å²) in [5.41, 5.74) is 9.19.